The standard InChI is InChI=1S/C20H22N4O/c1-13(2)17-20(25)21-15(12-14-8-4-3-5-9-14)18-19(23-17)24-11-7-6-10-16(24)22-18/h3-11,13,15,17,23H,12H2,1-2H3,(H,21,25). The molecule has 5 nitrogen and oxygen atoms in total. The van der Waals surface area contributed by atoms with E-state index in [1.54, 1.807) is 0 Å². The van der Waals surface area contributed by atoms with Gasteiger partial charge in [-0.2, -0.15) is 0 Å². The fraction of sp³-hybridized carbons (Fsp3) is 0.300. The molecule has 2 atom stereocenters. The second kappa shape index (κ2) is 6.24. The highest BCUT2D eigenvalue weighted by atomic mass is 16.2. The number of amides is 1. The number of nitrogens with zero attached hydrogens (tertiary/aromatic N) is 2. The lowest BCUT2D eigenvalue weighted by atomic mass is 10.0. The minimum Gasteiger partial charge on any atom is -0.358 e. The smallest absolute Gasteiger partial charge is 0.243 e. The van der Waals surface area contributed by atoms with E-state index in [0.29, 0.717) is 0 Å². The van der Waals surface area contributed by atoms with Gasteiger partial charge < -0.3 is 10.6 Å². The van der Waals surface area contributed by atoms with Crippen LogP contribution in [0.3, 0.4) is 0 Å². The number of anilines is 1. The van der Waals surface area contributed by atoms with Crippen LogP contribution in [-0.4, -0.2) is 21.3 Å². The number of carbonyl (C=O) groups excluding carboxylic acids is 1. The Balaban J connectivity index is 1.81. The van der Waals surface area contributed by atoms with Gasteiger partial charge in [-0.1, -0.05) is 50.2 Å². The number of hydrogen-bond donors (Lipinski definition) is 2. The lowest BCUT2D eigenvalue weighted by Gasteiger charge is -2.20. The fourth-order valence-corrected chi connectivity index (χ4v) is 3.41. The van der Waals surface area contributed by atoms with E-state index < -0.39 is 0 Å². The molecule has 2 N–H and O–H groups in total. The maximum Gasteiger partial charge on any atom is 0.243 e. The lowest BCUT2D eigenvalue weighted by molar-refractivity contribution is -0.123. The van der Waals surface area contributed by atoms with Gasteiger partial charge in [-0.25, -0.2) is 4.98 Å². The topological polar surface area (TPSA) is 58.4 Å². The number of carbonyl (C=O) groups is 1. The van der Waals surface area contributed by atoms with Crippen molar-refractivity contribution in [3.8, 4) is 0 Å². The fourth-order valence-electron chi connectivity index (χ4n) is 3.41. The number of benzene rings is 1. The Morgan fingerprint density at radius 3 is 2.60 bits per heavy atom. The zero-order valence-corrected chi connectivity index (χ0v) is 14.4. The van der Waals surface area contributed by atoms with Crippen LogP contribution in [0.15, 0.2) is 54.7 Å². The molecular weight excluding hydrogens is 312 g/mol. The summed E-state index contributed by atoms with van der Waals surface area (Å²) >= 11 is 0. The maximum absolute atomic E-state index is 12.7. The van der Waals surface area contributed by atoms with E-state index in [1.165, 1.54) is 5.56 Å². The minimum atomic E-state index is -0.278. The van der Waals surface area contributed by atoms with Gasteiger partial charge in [0.2, 0.25) is 5.91 Å². The van der Waals surface area contributed by atoms with Crippen LogP contribution in [0.2, 0.25) is 0 Å². The molecule has 0 fully saturated rings. The first-order valence-electron chi connectivity index (χ1n) is 8.71. The summed E-state index contributed by atoms with van der Waals surface area (Å²) in [5.74, 6) is 1.12. The molecule has 3 aromatic rings. The van der Waals surface area contributed by atoms with Crippen molar-refractivity contribution in [1.82, 2.24) is 14.7 Å². The zero-order chi connectivity index (χ0) is 17.4. The van der Waals surface area contributed by atoms with Crippen LogP contribution in [-0.2, 0) is 11.2 Å². The SMILES string of the molecule is CC(C)C1Nc2c(nc3ccccn23)C(Cc2ccccc2)NC1=O. The molecule has 0 saturated heterocycles. The van der Waals surface area contributed by atoms with E-state index in [9.17, 15) is 4.79 Å². The molecule has 128 valence electrons. The Morgan fingerprint density at radius 1 is 1.08 bits per heavy atom. The van der Waals surface area contributed by atoms with Gasteiger partial charge in [0.1, 0.15) is 23.2 Å². The second-order valence-corrected chi connectivity index (χ2v) is 6.89. The van der Waals surface area contributed by atoms with E-state index in [4.69, 9.17) is 4.98 Å². The lowest BCUT2D eigenvalue weighted by Crippen LogP contribution is -2.42. The molecular formula is C20H22N4O. The molecule has 0 bridgehead atoms. The largest absolute Gasteiger partial charge is 0.358 e. The molecule has 0 spiro atoms. The molecule has 25 heavy (non-hydrogen) atoms. The Bertz CT molecular complexity index is 900. The molecule has 1 amide bonds. The Morgan fingerprint density at radius 2 is 1.84 bits per heavy atom. The van der Waals surface area contributed by atoms with Crippen molar-refractivity contribution in [2.75, 3.05) is 5.32 Å². The van der Waals surface area contributed by atoms with Gasteiger partial charge in [-0.3, -0.25) is 9.20 Å². The maximum atomic E-state index is 12.7. The third-order valence-corrected chi connectivity index (χ3v) is 4.73. The van der Waals surface area contributed by atoms with Crippen LogP contribution in [0.1, 0.15) is 31.1 Å². The summed E-state index contributed by atoms with van der Waals surface area (Å²) in [7, 11) is 0. The summed E-state index contributed by atoms with van der Waals surface area (Å²) in [4.78, 5) is 17.6. The third-order valence-electron chi connectivity index (χ3n) is 4.73. The second-order valence-electron chi connectivity index (χ2n) is 6.89. The van der Waals surface area contributed by atoms with Crippen molar-refractivity contribution < 1.29 is 4.79 Å². The van der Waals surface area contributed by atoms with Crippen LogP contribution in [0.25, 0.3) is 5.65 Å². The first-order valence-corrected chi connectivity index (χ1v) is 8.71. The average Bonchev–Trinajstić information content (AvgIpc) is 2.91. The van der Waals surface area contributed by atoms with Gasteiger partial charge in [0, 0.05) is 6.20 Å². The van der Waals surface area contributed by atoms with Crippen molar-refractivity contribution in [1.29, 1.82) is 0 Å². The molecule has 2 aromatic heterocycles. The average molecular weight is 334 g/mol. The van der Waals surface area contributed by atoms with Crippen LogP contribution >= 0.6 is 0 Å². The van der Waals surface area contributed by atoms with Crippen LogP contribution in [0.4, 0.5) is 5.82 Å². The molecule has 5 heteroatoms. The van der Waals surface area contributed by atoms with E-state index in [0.717, 1.165) is 23.6 Å². The molecule has 1 aliphatic rings. The number of hydrogen-bond acceptors (Lipinski definition) is 3. The highest BCUT2D eigenvalue weighted by Gasteiger charge is 2.33. The molecule has 4 rings (SSSR count). The Kier molecular flexibility index (Phi) is 3.92. The van der Waals surface area contributed by atoms with E-state index in [2.05, 4.69) is 36.6 Å². The number of rotatable bonds is 3. The van der Waals surface area contributed by atoms with E-state index >= 15 is 0 Å². The molecule has 1 aliphatic heterocycles. The summed E-state index contributed by atoms with van der Waals surface area (Å²) in [6, 6.07) is 15.7. The van der Waals surface area contributed by atoms with Gasteiger partial charge in [-0.15, -0.1) is 0 Å². The van der Waals surface area contributed by atoms with Crippen molar-refractivity contribution in [3.05, 3.63) is 66.0 Å². The van der Waals surface area contributed by atoms with Gasteiger partial charge >= 0.3 is 0 Å². The Labute approximate surface area is 147 Å². The molecule has 0 saturated carbocycles. The van der Waals surface area contributed by atoms with Crippen molar-refractivity contribution in [2.45, 2.75) is 32.4 Å². The number of imidazole rings is 1. The number of aromatic nitrogens is 2. The summed E-state index contributed by atoms with van der Waals surface area (Å²) in [5, 5.41) is 6.63. The minimum absolute atomic E-state index is 0.0265. The monoisotopic (exact) mass is 334 g/mol. The first-order chi connectivity index (χ1) is 12.1. The zero-order valence-electron chi connectivity index (χ0n) is 14.4. The highest BCUT2D eigenvalue weighted by Crippen LogP contribution is 2.31. The molecule has 0 aliphatic carbocycles. The Hall–Kier alpha value is -2.82. The molecule has 2 unspecified atom stereocenters. The van der Waals surface area contributed by atoms with Crippen LogP contribution in [0.5, 0.6) is 0 Å². The van der Waals surface area contributed by atoms with E-state index in [1.807, 2.05) is 47.0 Å². The first kappa shape index (κ1) is 15.7. The van der Waals surface area contributed by atoms with E-state index in [-0.39, 0.29) is 23.9 Å². The predicted molar refractivity (Wildman–Crippen MR) is 98.5 cm³/mol. The summed E-state index contributed by atoms with van der Waals surface area (Å²) in [6.07, 6.45) is 2.71. The van der Waals surface area contributed by atoms with Gasteiger partial charge in [0.05, 0.1) is 6.04 Å². The van der Waals surface area contributed by atoms with Crippen molar-refractivity contribution in [2.24, 2.45) is 5.92 Å². The summed E-state index contributed by atoms with van der Waals surface area (Å²) in [5.41, 5.74) is 2.96. The third kappa shape index (κ3) is 2.86. The molecule has 3 heterocycles. The van der Waals surface area contributed by atoms with Crippen molar-refractivity contribution in [3.63, 3.8) is 0 Å². The molecule has 1 aromatic carbocycles. The highest BCUT2D eigenvalue weighted by molar-refractivity contribution is 5.87. The van der Waals surface area contributed by atoms with Gasteiger partial charge in [0.15, 0.2) is 0 Å². The summed E-state index contributed by atoms with van der Waals surface area (Å²) < 4.78 is 2.03. The van der Waals surface area contributed by atoms with Crippen LogP contribution in [0, 0.1) is 5.92 Å². The number of pyridine rings is 1. The molecule has 0 radical (unpaired) electrons. The number of fused-ring (bicyclic) bond motifs is 3. The van der Waals surface area contributed by atoms with Gasteiger partial charge in [-0.05, 0) is 30.0 Å². The van der Waals surface area contributed by atoms with Crippen molar-refractivity contribution >= 4 is 17.4 Å². The van der Waals surface area contributed by atoms with Gasteiger partial charge in [0.25, 0.3) is 0 Å². The normalized spacial score (nSPS) is 20.0. The predicted octanol–water partition coefficient (Wildman–Crippen LogP) is 3.18. The van der Waals surface area contributed by atoms with Crippen LogP contribution < -0.4 is 10.6 Å². The summed E-state index contributed by atoms with van der Waals surface area (Å²) in [6.45, 7) is 4.11. The quantitative estimate of drug-likeness (QED) is 0.773. The number of nitrogens with one attached hydrogen (secondary N) is 2.